The summed E-state index contributed by atoms with van der Waals surface area (Å²) in [6.07, 6.45) is -82.2. The summed E-state index contributed by atoms with van der Waals surface area (Å²) in [5, 5.41) is 257. The van der Waals surface area contributed by atoms with E-state index in [0.29, 0.717) is 0 Å². The van der Waals surface area contributed by atoms with Gasteiger partial charge < -0.3 is 211 Å². The van der Waals surface area contributed by atoms with Crippen LogP contribution in [0.2, 0.25) is 0 Å². The van der Waals surface area contributed by atoms with Crippen LogP contribution in [-0.2, 0) is 75.8 Å². The van der Waals surface area contributed by atoms with Gasteiger partial charge in [0.1, 0.15) is 195 Å². The molecule has 544 valence electrons. The first-order chi connectivity index (χ1) is 44.6. The normalized spacial score (nSPS) is 52.4. The molecule has 0 aliphatic carbocycles. The molecule has 30 fully saturated rings. The molecule has 94 heavy (non-hydrogen) atoms. The maximum Gasteiger partial charge on any atom is 0.187 e. The maximum absolute atomic E-state index is 11.7. The minimum atomic E-state index is -2.27. The average molecular weight is 1380 g/mol. The molecule has 0 unspecified atom stereocenters. The zero-order valence-electron chi connectivity index (χ0n) is 49.3. The molecular formula is C50H86N6O38. The lowest BCUT2D eigenvalue weighted by Crippen LogP contribution is -2.69. The minimum absolute atomic E-state index is 0.570. The van der Waals surface area contributed by atoms with Gasteiger partial charge in [0.15, 0.2) is 62.2 Å². The Balaban J connectivity index is 1.00. The van der Waals surface area contributed by atoms with Crippen LogP contribution < -0.4 is 22.5 Å². The van der Waals surface area contributed by atoms with E-state index < -0.39 is 310 Å². The Morgan fingerprint density at radius 2 is 0.436 bits per heavy atom. The third kappa shape index (κ3) is 15.5. The molecule has 30 rings (SSSR count). The van der Waals surface area contributed by atoms with Crippen molar-refractivity contribution in [2.24, 2.45) is 22.2 Å². The molecule has 44 heteroatoms. The van der Waals surface area contributed by atoms with Gasteiger partial charge in [-0.3, -0.25) is 10.4 Å². The molecule has 16 bridgehead atoms. The van der Waals surface area contributed by atoms with Gasteiger partial charge in [0, 0.05) is 6.54 Å². The van der Waals surface area contributed by atoms with Gasteiger partial charge in [-0.05, 0) is 0 Å². The van der Waals surface area contributed by atoms with Crippen molar-refractivity contribution in [1.82, 2.24) is 5.32 Å². The van der Waals surface area contributed by atoms with E-state index >= 15 is 0 Å². The van der Waals surface area contributed by atoms with Gasteiger partial charge in [0.25, 0.3) is 0 Å². The molecule has 0 saturated carbocycles. The number of guanidine groups is 2. The van der Waals surface area contributed by atoms with Gasteiger partial charge in [-0.15, -0.1) is 0 Å². The van der Waals surface area contributed by atoms with Crippen molar-refractivity contribution >= 4 is 11.9 Å². The van der Waals surface area contributed by atoms with Crippen molar-refractivity contribution in [3.63, 3.8) is 0 Å². The zero-order chi connectivity index (χ0) is 68.6. The summed E-state index contributed by atoms with van der Waals surface area (Å²) in [6.45, 7) is -7.81. The van der Waals surface area contributed by atoms with E-state index in [9.17, 15) is 112 Å². The van der Waals surface area contributed by atoms with Crippen LogP contribution in [-0.4, -0.2) is 423 Å². The van der Waals surface area contributed by atoms with Crippen LogP contribution in [0.1, 0.15) is 0 Å². The summed E-state index contributed by atoms with van der Waals surface area (Å²) >= 11 is 0. The number of aliphatic hydroxyl groups excluding tert-OH is 22. The zero-order valence-corrected chi connectivity index (χ0v) is 49.3. The first-order valence-corrected chi connectivity index (χ1v) is 29.8. The second kappa shape index (κ2) is 32.1. The van der Waals surface area contributed by atoms with Gasteiger partial charge in [-0.2, -0.15) is 0 Å². The molecule has 0 spiro atoms. The summed E-state index contributed by atoms with van der Waals surface area (Å²) in [5.41, 5.74) is 16.7. The number of nitrogens with two attached hydrogens (primary N) is 3. The molecule has 30 N–H and O–H groups in total. The Hall–Kier alpha value is -2.98. The van der Waals surface area contributed by atoms with Crippen LogP contribution in [0.4, 0.5) is 0 Å². The van der Waals surface area contributed by atoms with Crippen molar-refractivity contribution in [1.29, 1.82) is 5.41 Å². The highest BCUT2D eigenvalue weighted by Crippen LogP contribution is 2.40. The lowest BCUT2D eigenvalue weighted by molar-refractivity contribution is -0.402. The molecular weight excluding hydrogens is 1290 g/mol. The minimum Gasteiger partial charge on any atom is -0.394 e. The van der Waals surface area contributed by atoms with Crippen molar-refractivity contribution < 1.29 is 188 Å². The Kier molecular flexibility index (Phi) is 25.7. The monoisotopic (exact) mass is 1380 g/mol. The van der Waals surface area contributed by atoms with Crippen LogP contribution in [0.5, 0.6) is 0 Å². The van der Waals surface area contributed by atoms with Crippen molar-refractivity contribution in [3.8, 4) is 0 Å². The number of aliphatic imine (C=N–C) groups is 1. The molecule has 30 saturated heterocycles. The fraction of sp³-hybridized carbons (Fsp3) is 0.960. The summed E-state index contributed by atoms with van der Waals surface area (Å²) in [4.78, 5) is 3.86. The molecule has 40 atom stereocenters. The Bertz CT molecular complexity index is 2420. The van der Waals surface area contributed by atoms with Crippen LogP contribution in [0.3, 0.4) is 0 Å². The molecule has 30 aliphatic rings. The summed E-state index contributed by atoms with van der Waals surface area (Å²) < 4.78 is 92.7. The number of ether oxygens (including phenoxy) is 16. The number of hydrogen-bond donors (Lipinski definition) is 27. The van der Waals surface area contributed by atoms with E-state index in [2.05, 4.69) is 10.3 Å². The predicted octanol–water partition coefficient (Wildman–Crippen LogP) is -18.6. The predicted molar refractivity (Wildman–Crippen MR) is 287 cm³/mol. The second-order valence-electron chi connectivity index (χ2n) is 23.7. The molecule has 44 nitrogen and oxygen atoms in total. The van der Waals surface area contributed by atoms with Crippen molar-refractivity contribution in [2.45, 2.75) is 246 Å². The SMILES string of the molecule is N=C(N)NC[C@H]1O[C@@H]2O[C@H]3[C@H](O)[C@@H](O)[C@@H](O[C@H]4[C@H](O)[C@@H](O)[C@@H](O[C@H]5[C@H](O)[C@@H](O)[C@@H](O[C@H]6[C@H](O)[C@@H](O)[C@@H](O[C@H]7[C@H](O)[C@@H](O)[C@@H](O[C@H]8[C@H](O)[C@@H](O)[C@@H](O[C@H]9[C@H](O)[C@@H](O)[C@@H](O[C@H]1[C@H](O)[C@H]2O)O[C@@H]9CO)O[C@@H]8CO)O[C@@H]7CO)O[C@@H]6CO)O[C@@H]5CO)O[C@@H]4CN=C(N)N)O[C@@H]3CO. The number of nitrogens with zero attached hydrogens (tertiary/aromatic N) is 1. The quantitative estimate of drug-likeness (QED) is 0.0713. The third-order valence-electron chi connectivity index (χ3n) is 17.5. The maximum atomic E-state index is 11.7. The van der Waals surface area contributed by atoms with Gasteiger partial charge in [-0.25, -0.2) is 0 Å². The summed E-state index contributed by atoms with van der Waals surface area (Å²) in [6, 6.07) is 0. The number of hydrogen-bond acceptors (Lipinski definition) is 40. The van der Waals surface area contributed by atoms with E-state index in [0.717, 1.165) is 0 Å². The van der Waals surface area contributed by atoms with Crippen molar-refractivity contribution in [3.05, 3.63) is 0 Å². The van der Waals surface area contributed by atoms with Crippen LogP contribution in [0, 0.1) is 5.41 Å². The highest BCUT2D eigenvalue weighted by Gasteiger charge is 2.60. The van der Waals surface area contributed by atoms with E-state index in [1.54, 1.807) is 0 Å². The van der Waals surface area contributed by atoms with Gasteiger partial charge >= 0.3 is 0 Å². The van der Waals surface area contributed by atoms with Crippen LogP contribution in [0.25, 0.3) is 0 Å². The van der Waals surface area contributed by atoms with E-state index in [-0.39, 0.29) is 0 Å². The van der Waals surface area contributed by atoms with E-state index in [4.69, 9.17) is 98.4 Å². The second-order valence-corrected chi connectivity index (χ2v) is 23.7. The highest BCUT2D eigenvalue weighted by atomic mass is 16.8. The fourth-order valence-corrected chi connectivity index (χ4v) is 12.3. The molecule has 0 aromatic rings. The lowest BCUT2D eigenvalue weighted by Gasteiger charge is -2.50. The molecule has 30 aliphatic heterocycles. The van der Waals surface area contributed by atoms with E-state index in [1.807, 2.05) is 0 Å². The third-order valence-corrected chi connectivity index (χ3v) is 17.5. The first-order valence-electron chi connectivity index (χ1n) is 29.8. The Morgan fingerprint density at radius 1 is 0.266 bits per heavy atom. The van der Waals surface area contributed by atoms with Gasteiger partial charge in [0.05, 0.1) is 46.2 Å². The largest absolute Gasteiger partial charge is 0.394 e. The number of rotatable bonds is 10. The molecule has 30 heterocycles. The first kappa shape index (κ1) is 75.2. The topological polar surface area (TPSA) is 719 Å². The van der Waals surface area contributed by atoms with Crippen LogP contribution in [0.15, 0.2) is 4.99 Å². The highest BCUT2D eigenvalue weighted by molar-refractivity contribution is 5.75. The van der Waals surface area contributed by atoms with Gasteiger partial charge in [0.2, 0.25) is 0 Å². The molecule has 0 amide bonds. The number of aliphatic hydroxyl groups is 22. The lowest BCUT2D eigenvalue weighted by atomic mass is 9.94. The summed E-state index contributed by atoms with van der Waals surface area (Å²) in [5.74, 6) is -1.26. The van der Waals surface area contributed by atoms with E-state index in [1.165, 1.54) is 0 Å². The Morgan fingerprint density at radius 3 is 0.617 bits per heavy atom. The molecule has 0 aromatic heterocycles. The fourth-order valence-electron chi connectivity index (χ4n) is 12.3. The van der Waals surface area contributed by atoms with Gasteiger partial charge in [-0.1, -0.05) is 0 Å². The standard InChI is InChI=1S/C50H86N6O38/c51-49(52)55-1-9-33-18(64)26(72)42(80-9)90-36-12(4-58)83-45(29(75)21(36)67)92-38-14(6-60)85-47(31(77)23(38)69)94-40-16(8-62)86-48(32(78)24(40)70)93-39-15(7-61)84-46(30(76)22(39)68)91-37-13(5-59)82-44(28(74)20(37)66)88-34-10(2-56-50(53)54)79-41(25(71)17(34)63)89-35-11(3-57)81-43(87-33)27(73)19(35)65/h9-48,57-78H,1-8H2,(H4,51,52,55)(H4,53,54,56)/t9-,10-,11-,12-,13-,14-,15-,16-,17-,18-,19-,20-,21-,22-,23-,24-,25-,26-,27-,28-,29-,30-,31-,32-,33-,34-,35-,36-,37-,38-,39-,40-,41-,42-,43-,44-,45-,46-,47-,48-/m1/s1. The molecule has 0 radical (unpaired) electrons. The smallest absolute Gasteiger partial charge is 0.187 e. The van der Waals surface area contributed by atoms with Crippen molar-refractivity contribution in [2.75, 3.05) is 52.7 Å². The summed E-state index contributed by atoms with van der Waals surface area (Å²) in [7, 11) is 0. The number of nitrogens with one attached hydrogen (secondary N) is 2. The average Bonchev–Trinajstić information content (AvgIpc) is 0.782. The molecule has 0 aromatic carbocycles. The van der Waals surface area contributed by atoms with Crippen LogP contribution >= 0.6 is 0 Å². The Labute approximate surface area is 530 Å².